The molecule has 0 atom stereocenters. The van der Waals surface area contributed by atoms with Gasteiger partial charge in [0, 0.05) is 26.4 Å². The van der Waals surface area contributed by atoms with E-state index in [1.54, 1.807) is 0 Å². The molecule has 0 fully saturated rings. The first-order valence-electron chi connectivity index (χ1n) is 8.37. The summed E-state index contributed by atoms with van der Waals surface area (Å²) in [5, 5.41) is 0. The van der Waals surface area contributed by atoms with Crippen molar-refractivity contribution >= 4 is 5.69 Å². The molecule has 23 heavy (non-hydrogen) atoms. The highest BCUT2D eigenvalue weighted by Gasteiger charge is 1.97. The molecule has 0 N–H and O–H groups in total. The van der Waals surface area contributed by atoms with Gasteiger partial charge < -0.3 is 23.8 Å². The fourth-order valence-electron chi connectivity index (χ4n) is 1.85. The van der Waals surface area contributed by atoms with Gasteiger partial charge in [-0.25, -0.2) is 0 Å². The second kappa shape index (κ2) is 13.2. The van der Waals surface area contributed by atoms with Gasteiger partial charge in [0.1, 0.15) is 12.4 Å². The van der Waals surface area contributed by atoms with Crippen LogP contribution in [0.1, 0.15) is 19.8 Å². The number of unbranched alkanes of at least 4 members (excludes halogenated alkanes) is 1. The Kier molecular flexibility index (Phi) is 11.3. The summed E-state index contributed by atoms with van der Waals surface area (Å²) in [7, 11) is 4.03. The summed E-state index contributed by atoms with van der Waals surface area (Å²) in [5.74, 6) is 0.861. The Hall–Kier alpha value is -1.30. The summed E-state index contributed by atoms with van der Waals surface area (Å²) in [6.45, 7) is 6.54. The molecule has 0 bridgehead atoms. The monoisotopic (exact) mass is 325 g/mol. The number of rotatable bonds is 14. The fourth-order valence-corrected chi connectivity index (χ4v) is 1.85. The van der Waals surface area contributed by atoms with Crippen molar-refractivity contribution in [3.8, 4) is 5.75 Å². The normalized spacial score (nSPS) is 10.7. The Balaban J connectivity index is 1.89. The Morgan fingerprint density at radius 2 is 1.26 bits per heavy atom. The molecule has 0 aromatic heterocycles. The van der Waals surface area contributed by atoms with Crippen molar-refractivity contribution in [3.63, 3.8) is 0 Å². The van der Waals surface area contributed by atoms with Gasteiger partial charge >= 0.3 is 0 Å². The summed E-state index contributed by atoms with van der Waals surface area (Å²) >= 11 is 0. The molecule has 0 amide bonds. The topological polar surface area (TPSA) is 40.2 Å². The molecule has 0 heterocycles. The van der Waals surface area contributed by atoms with Gasteiger partial charge in [0.25, 0.3) is 0 Å². The maximum atomic E-state index is 5.62. The van der Waals surface area contributed by atoms with Crippen LogP contribution >= 0.6 is 0 Å². The third-order valence-electron chi connectivity index (χ3n) is 3.24. The van der Waals surface area contributed by atoms with Crippen LogP contribution in [0.3, 0.4) is 0 Å². The van der Waals surface area contributed by atoms with Crippen molar-refractivity contribution in [3.05, 3.63) is 24.3 Å². The predicted octanol–water partition coefficient (Wildman–Crippen LogP) is 2.98. The third-order valence-corrected chi connectivity index (χ3v) is 3.24. The van der Waals surface area contributed by atoms with Crippen molar-refractivity contribution < 1.29 is 18.9 Å². The average molecular weight is 325 g/mol. The van der Waals surface area contributed by atoms with E-state index >= 15 is 0 Å². The van der Waals surface area contributed by atoms with E-state index in [9.17, 15) is 0 Å². The van der Waals surface area contributed by atoms with Gasteiger partial charge in [-0.05, 0) is 30.7 Å². The predicted molar refractivity (Wildman–Crippen MR) is 93.6 cm³/mol. The highest BCUT2D eigenvalue weighted by atomic mass is 16.6. The SMILES string of the molecule is CCCCOCCOCCOCCOc1ccc(N(C)C)cc1. The Morgan fingerprint density at radius 1 is 0.739 bits per heavy atom. The molecule has 0 aliphatic heterocycles. The van der Waals surface area contributed by atoms with Crippen LogP contribution in [0.15, 0.2) is 24.3 Å². The molecule has 0 saturated carbocycles. The van der Waals surface area contributed by atoms with Crippen LogP contribution in [0.5, 0.6) is 5.75 Å². The number of ether oxygens (including phenoxy) is 4. The first-order chi connectivity index (χ1) is 11.2. The lowest BCUT2D eigenvalue weighted by atomic mass is 10.3. The van der Waals surface area contributed by atoms with Crippen molar-refractivity contribution in [1.29, 1.82) is 0 Å². The lowest BCUT2D eigenvalue weighted by Gasteiger charge is -2.13. The van der Waals surface area contributed by atoms with Crippen molar-refractivity contribution in [2.75, 3.05) is 65.2 Å². The van der Waals surface area contributed by atoms with Crippen LogP contribution in [-0.4, -0.2) is 60.3 Å². The molecule has 0 unspecified atom stereocenters. The number of hydrogen-bond donors (Lipinski definition) is 0. The Bertz CT molecular complexity index is 381. The molecule has 0 aliphatic rings. The Labute approximate surface area is 140 Å². The second-order valence-electron chi connectivity index (χ2n) is 5.43. The Morgan fingerprint density at radius 3 is 1.78 bits per heavy atom. The van der Waals surface area contributed by atoms with Crippen LogP contribution < -0.4 is 9.64 Å². The number of nitrogens with zero attached hydrogens (tertiary/aromatic N) is 1. The van der Waals surface area contributed by atoms with E-state index in [0.29, 0.717) is 39.6 Å². The van der Waals surface area contributed by atoms with E-state index < -0.39 is 0 Å². The minimum atomic E-state index is 0.543. The van der Waals surface area contributed by atoms with Gasteiger partial charge in [-0.15, -0.1) is 0 Å². The molecule has 0 spiro atoms. The summed E-state index contributed by atoms with van der Waals surface area (Å²) < 4.78 is 21.9. The third kappa shape index (κ3) is 10.2. The highest BCUT2D eigenvalue weighted by Crippen LogP contribution is 2.17. The van der Waals surface area contributed by atoms with E-state index in [1.165, 1.54) is 0 Å². The fraction of sp³-hybridized carbons (Fsp3) is 0.667. The zero-order chi connectivity index (χ0) is 16.8. The van der Waals surface area contributed by atoms with Crippen LogP contribution in [-0.2, 0) is 14.2 Å². The molecule has 1 aromatic rings. The molecule has 5 nitrogen and oxygen atoms in total. The summed E-state index contributed by atoms with van der Waals surface area (Å²) in [4.78, 5) is 2.06. The largest absolute Gasteiger partial charge is 0.491 e. The maximum absolute atomic E-state index is 5.62. The highest BCUT2D eigenvalue weighted by molar-refractivity contribution is 5.47. The van der Waals surface area contributed by atoms with Crippen LogP contribution in [0.4, 0.5) is 5.69 Å². The first-order valence-corrected chi connectivity index (χ1v) is 8.37. The molecule has 0 saturated heterocycles. The number of benzene rings is 1. The average Bonchev–Trinajstić information content (AvgIpc) is 2.56. The minimum absolute atomic E-state index is 0.543. The second-order valence-corrected chi connectivity index (χ2v) is 5.43. The zero-order valence-electron chi connectivity index (χ0n) is 14.8. The van der Waals surface area contributed by atoms with Crippen LogP contribution in [0.25, 0.3) is 0 Å². The maximum Gasteiger partial charge on any atom is 0.119 e. The van der Waals surface area contributed by atoms with E-state index in [0.717, 1.165) is 30.9 Å². The molecule has 5 heteroatoms. The van der Waals surface area contributed by atoms with E-state index in [2.05, 4.69) is 11.8 Å². The van der Waals surface area contributed by atoms with Crippen molar-refractivity contribution in [1.82, 2.24) is 0 Å². The van der Waals surface area contributed by atoms with Gasteiger partial charge in [0.05, 0.1) is 33.0 Å². The van der Waals surface area contributed by atoms with Gasteiger partial charge in [0.15, 0.2) is 0 Å². The zero-order valence-corrected chi connectivity index (χ0v) is 14.8. The van der Waals surface area contributed by atoms with Crippen molar-refractivity contribution in [2.45, 2.75) is 19.8 Å². The van der Waals surface area contributed by atoms with E-state index in [4.69, 9.17) is 18.9 Å². The summed E-state index contributed by atoms with van der Waals surface area (Å²) in [6.07, 6.45) is 2.28. The standard InChI is InChI=1S/C18H31NO4/c1-4-5-10-20-11-12-21-13-14-22-15-16-23-18-8-6-17(7-9-18)19(2)3/h6-9H,4-5,10-16H2,1-3H3. The molecule has 0 aliphatic carbocycles. The van der Waals surface area contributed by atoms with Gasteiger partial charge in [0.2, 0.25) is 0 Å². The first kappa shape index (κ1) is 19.7. The molecule has 0 radical (unpaired) electrons. The van der Waals surface area contributed by atoms with Crippen LogP contribution in [0, 0.1) is 0 Å². The van der Waals surface area contributed by atoms with E-state index in [-0.39, 0.29) is 0 Å². The quantitative estimate of drug-likeness (QED) is 0.492. The molecule has 132 valence electrons. The van der Waals surface area contributed by atoms with Crippen molar-refractivity contribution in [2.24, 2.45) is 0 Å². The lowest BCUT2D eigenvalue weighted by molar-refractivity contribution is 0.00895. The minimum Gasteiger partial charge on any atom is -0.491 e. The van der Waals surface area contributed by atoms with Gasteiger partial charge in [-0.2, -0.15) is 0 Å². The van der Waals surface area contributed by atoms with Gasteiger partial charge in [-0.1, -0.05) is 13.3 Å². The molecule has 1 aromatic carbocycles. The summed E-state index contributed by atoms with van der Waals surface area (Å²) in [6, 6.07) is 8.01. The molecular formula is C18H31NO4. The van der Waals surface area contributed by atoms with Gasteiger partial charge in [-0.3, -0.25) is 0 Å². The molecular weight excluding hydrogens is 294 g/mol. The van der Waals surface area contributed by atoms with E-state index in [1.807, 2.05) is 38.4 Å². The number of hydrogen-bond acceptors (Lipinski definition) is 5. The summed E-state index contributed by atoms with van der Waals surface area (Å²) in [5.41, 5.74) is 1.16. The molecule has 1 rings (SSSR count). The number of anilines is 1. The lowest BCUT2D eigenvalue weighted by Crippen LogP contribution is -2.13. The smallest absolute Gasteiger partial charge is 0.119 e. The van der Waals surface area contributed by atoms with Crippen LogP contribution in [0.2, 0.25) is 0 Å².